The lowest BCUT2D eigenvalue weighted by atomic mass is 10.1. The Labute approximate surface area is 195 Å². The molecule has 9 aromatic rings. The molecule has 6 heterocycles. The summed E-state index contributed by atoms with van der Waals surface area (Å²) in [5, 5.41) is 2.64. The molecule has 0 bridgehead atoms. The van der Waals surface area contributed by atoms with Gasteiger partial charge in [-0.25, -0.2) is 9.03 Å². The minimum absolute atomic E-state index is 0.261. The fraction of sp³-hybridized carbons (Fsp3) is 0. The summed E-state index contributed by atoms with van der Waals surface area (Å²) >= 11 is 0. The van der Waals surface area contributed by atoms with E-state index in [0.717, 1.165) is 9.03 Å². The number of rotatable bonds is 0. The number of H-pyrrole nitrogens is 1. The van der Waals surface area contributed by atoms with E-state index in [-0.39, 0.29) is 11.3 Å². The Morgan fingerprint density at radius 3 is 1.92 bits per heavy atom. The first-order valence-electron chi connectivity index (χ1n) is 11.2. The lowest BCUT2D eigenvalue weighted by molar-refractivity contribution is 0.631. The summed E-state index contributed by atoms with van der Waals surface area (Å²) in [5.74, 6) is 0. The first kappa shape index (κ1) is 18.0. The number of para-hydroxylation sites is 2. The molecule has 0 aliphatic heterocycles. The summed E-state index contributed by atoms with van der Waals surface area (Å²) in [7, 11) is 0. The second-order valence-corrected chi connectivity index (χ2v) is 9.03. The Bertz CT molecular complexity index is 2490. The molecule has 0 atom stereocenters. The average molecular weight is 473 g/mol. The fourth-order valence-electron chi connectivity index (χ4n) is 5.79. The van der Waals surface area contributed by atoms with Gasteiger partial charge in [0.1, 0.15) is 16.6 Å². The van der Waals surface area contributed by atoms with Crippen LogP contribution in [0.3, 0.4) is 0 Å². The second kappa shape index (κ2) is 5.47. The maximum Gasteiger partial charge on any atom is 0.286 e. The van der Waals surface area contributed by atoms with Crippen LogP contribution in [0.5, 0.6) is 0 Å². The molecular weight excluding hydrogens is 462 g/mol. The molecule has 3 aromatic carbocycles. The van der Waals surface area contributed by atoms with Gasteiger partial charge in [-0.05, 0) is 36.4 Å². The third kappa shape index (κ3) is 1.72. The molecule has 1 N–H and O–H groups in total. The Balaban J connectivity index is 1.49. The molecule has 0 saturated heterocycles. The zero-order valence-electron chi connectivity index (χ0n) is 18.1. The SMILES string of the molecule is O=c1c2ccccc2n2c3[nH]c4cc5c(cc4c3c(=O)n12)oc1c5c(=O)n2c(=O)c3ccccc3n12. The van der Waals surface area contributed by atoms with Crippen molar-refractivity contribution in [3.05, 3.63) is 102 Å². The Morgan fingerprint density at radius 1 is 0.583 bits per heavy atom. The highest BCUT2D eigenvalue weighted by Crippen LogP contribution is 2.34. The number of nitrogens with zero attached hydrogens (tertiary/aromatic N) is 4. The Kier molecular flexibility index (Phi) is 2.74. The van der Waals surface area contributed by atoms with Crippen LogP contribution in [0.4, 0.5) is 0 Å². The predicted octanol–water partition coefficient (Wildman–Crippen LogP) is 2.55. The van der Waals surface area contributed by atoms with Gasteiger partial charge in [0.15, 0.2) is 0 Å². The zero-order chi connectivity index (χ0) is 24.0. The van der Waals surface area contributed by atoms with Crippen LogP contribution < -0.4 is 22.2 Å². The quantitative estimate of drug-likeness (QED) is 0.364. The van der Waals surface area contributed by atoms with Crippen LogP contribution >= 0.6 is 0 Å². The van der Waals surface area contributed by atoms with Crippen molar-refractivity contribution in [2.75, 3.05) is 0 Å². The molecule has 0 saturated carbocycles. The minimum atomic E-state index is -0.468. The van der Waals surface area contributed by atoms with Crippen molar-refractivity contribution in [2.24, 2.45) is 0 Å². The van der Waals surface area contributed by atoms with Crippen molar-refractivity contribution >= 4 is 65.8 Å². The summed E-state index contributed by atoms with van der Waals surface area (Å²) in [4.78, 5) is 55.9. The monoisotopic (exact) mass is 473 g/mol. The van der Waals surface area contributed by atoms with E-state index in [1.54, 1.807) is 59.1 Å². The third-order valence-electron chi connectivity index (χ3n) is 7.30. The lowest BCUT2D eigenvalue weighted by Gasteiger charge is -1.93. The maximum absolute atomic E-state index is 13.4. The highest BCUT2D eigenvalue weighted by atomic mass is 16.3. The summed E-state index contributed by atoms with van der Waals surface area (Å²) in [5.41, 5.74) is 1.26. The molecule has 36 heavy (non-hydrogen) atoms. The standard InChI is InChI=1S/C26H11N5O5/c32-22-11-5-1-3-7-16(11)28-21-19(24(34)30(22)28)13-10-18-14(9-15(13)27-21)20-25(35)31-23(33)12-6-2-4-8-17(12)29(31)26(20)36-18/h1-10,27H. The van der Waals surface area contributed by atoms with Crippen molar-refractivity contribution in [3.63, 3.8) is 0 Å². The number of fused-ring (bicyclic) bond motifs is 14. The molecule has 6 aromatic heterocycles. The van der Waals surface area contributed by atoms with Crippen molar-refractivity contribution in [1.29, 1.82) is 0 Å². The largest absolute Gasteiger partial charge is 0.437 e. The molecule has 0 aliphatic rings. The molecule has 0 aliphatic carbocycles. The highest BCUT2D eigenvalue weighted by Gasteiger charge is 2.25. The summed E-state index contributed by atoms with van der Waals surface area (Å²) < 4.78 is 11.4. The van der Waals surface area contributed by atoms with Gasteiger partial charge in [-0.1, -0.05) is 24.3 Å². The second-order valence-electron chi connectivity index (χ2n) is 9.03. The summed E-state index contributed by atoms with van der Waals surface area (Å²) in [6.45, 7) is 0. The zero-order valence-corrected chi connectivity index (χ0v) is 18.1. The van der Waals surface area contributed by atoms with Gasteiger partial charge in [-0.15, -0.1) is 0 Å². The number of nitrogens with one attached hydrogen (secondary N) is 1. The lowest BCUT2D eigenvalue weighted by Crippen LogP contribution is -2.21. The Hall–Kier alpha value is -5.38. The van der Waals surface area contributed by atoms with Gasteiger partial charge in [-0.2, -0.15) is 9.03 Å². The van der Waals surface area contributed by atoms with Crippen LogP contribution in [-0.2, 0) is 0 Å². The molecule has 0 fully saturated rings. The highest BCUT2D eigenvalue weighted by molar-refractivity contribution is 6.15. The number of hydrogen-bond acceptors (Lipinski definition) is 5. The van der Waals surface area contributed by atoms with Crippen LogP contribution in [-0.4, -0.2) is 23.0 Å². The first-order valence-corrected chi connectivity index (χ1v) is 11.2. The fourth-order valence-corrected chi connectivity index (χ4v) is 5.79. The molecule has 10 nitrogen and oxygen atoms in total. The maximum atomic E-state index is 13.4. The molecule has 0 spiro atoms. The number of benzene rings is 3. The van der Waals surface area contributed by atoms with Crippen LogP contribution in [0.2, 0.25) is 0 Å². The number of hydrogen-bond donors (Lipinski definition) is 1. The van der Waals surface area contributed by atoms with Crippen LogP contribution in [0, 0.1) is 0 Å². The number of aromatic nitrogens is 5. The number of furan rings is 1. The van der Waals surface area contributed by atoms with E-state index in [1.807, 2.05) is 6.07 Å². The van der Waals surface area contributed by atoms with Gasteiger partial charge >= 0.3 is 0 Å². The van der Waals surface area contributed by atoms with Gasteiger partial charge in [0.05, 0.1) is 27.2 Å². The van der Waals surface area contributed by atoms with Crippen molar-refractivity contribution in [3.8, 4) is 0 Å². The van der Waals surface area contributed by atoms with E-state index in [2.05, 4.69) is 4.98 Å². The Morgan fingerprint density at radius 2 is 1.19 bits per heavy atom. The molecule has 9 rings (SSSR count). The predicted molar refractivity (Wildman–Crippen MR) is 134 cm³/mol. The smallest absolute Gasteiger partial charge is 0.286 e. The topological polar surface area (TPSA) is 115 Å². The van der Waals surface area contributed by atoms with Crippen LogP contribution in [0.15, 0.2) is 84.3 Å². The van der Waals surface area contributed by atoms with Gasteiger partial charge in [-0.3, -0.25) is 19.2 Å². The molecule has 170 valence electrons. The van der Waals surface area contributed by atoms with E-state index in [1.165, 1.54) is 4.52 Å². The number of aromatic amines is 1. The normalized spacial score (nSPS) is 12.9. The van der Waals surface area contributed by atoms with E-state index < -0.39 is 16.7 Å². The van der Waals surface area contributed by atoms with E-state index >= 15 is 0 Å². The third-order valence-corrected chi connectivity index (χ3v) is 7.30. The van der Waals surface area contributed by atoms with Crippen molar-refractivity contribution in [2.45, 2.75) is 0 Å². The van der Waals surface area contributed by atoms with Crippen molar-refractivity contribution < 1.29 is 4.42 Å². The van der Waals surface area contributed by atoms with Crippen molar-refractivity contribution in [1.82, 2.24) is 23.0 Å². The first-order chi connectivity index (χ1) is 17.5. The molecule has 0 amide bonds. The van der Waals surface area contributed by atoms with Gasteiger partial charge in [0.25, 0.3) is 22.2 Å². The average Bonchev–Trinajstić information content (AvgIpc) is 3.68. The van der Waals surface area contributed by atoms with Gasteiger partial charge in [0.2, 0.25) is 5.71 Å². The molecule has 0 unspecified atom stereocenters. The van der Waals surface area contributed by atoms with Crippen LogP contribution in [0.1, 0.15) is 0 Å². The molecule has 0 radical (unpaired) electrons. The summed E-state index contributed by atoms with van der Waals surface area (Å²) in [6.07, 6.45) is 0. The van der Waals surface area contributed by atoms with Crippen LogP contribution in [0.25, 0.3) is 65.8 Å². The van der Waals surface area contributed by atoms with Gasteiger partial charge in [0, 0.05) is 16.3 Å². The molecular formula is C26H11N5O5. The van der Waals surface area contributed by atoms with E-state index in [4.69, 9.17) is 4.42 Å². The molecule has 10 heteroatoms. The van der Waals surface area contributed by atoms with E-state index in [9.17, 15) is 19.2 Å². The van der Waals surface area contributed by atoms with E-state index in [0.29, 0.717) is 60.1 Å². The minimum Gasteiger partial charge on any atom is -0.437 e. The van der Waals surface area contributed by atoms with Gasteiger partial charge < -0.3 is 9.40 Å². The summed E-state index contributed by atoms with van der Waals surface area (Å²) in [6, 6.07) is 17.5.